The summed E-state index contributed by atoms with van der Waals surface area (Å²) >= 11 is 0. The zero-order valence-electron chi connectivity index (χ0n) is 59.8. The first kappa shape index (κ1) is 86.0. The molecule has 36 heteroatoms. The zero-order chi connectivity index (χ0) is 77.8. The van der Waals surface area contributed by atoms with Gasteiger partial charge in [0.2, 0.25) is 82.7 Å². The van der Waals surface area contributed by atoms with Crippen molar-refractivity contribution in [2.24, 2.45) is 23.5 Å². The average molecular weight is 1460 g/mol. The molecule has 2 aliphatic heterocycles. The second-order valence-corrected chi connectivity index (χ2v) is 26.9. The summed E-state index contributed by atoms with van der Waals surface area (Å²) in [4.78, 5) is 216. The minimum atomic E-state index is -1.75. The molecule has 2 aromatic carbocycles. The fraction of sp³-hybridized carbons (Fsp3) is 0.588. The zero-order valence-corrected chi connectivity index (χ0v) is 59.8. The Morgan fingerprint density at radius 1 is 0.452 bits per heavy atom. The van der Waals surface area contributed by atoms with E-state index in [1.54, 1.807) is 71.9 Å². The number of hydrogen-bond acceptors (Lipinski definition) is 20. The van der Waals surface area contributed by atoms with Crippen molar-refractivity contribution in [3.05, 3.63) is 65.7 Å². The Morgan fingerprint density at radius 2 is 0.885 bits per heavy atom. The number of likely N-dealkylation sites (tertiary alicyclic amines) is 2. The molecule has 13 atom stereocenters. The van der Waals surface area contributed by atoms with Gasteiger partial charge in [0.15, 0.2) is 0 Å². The SMILES string of the molecule is CC(C)C[C@H](NC(=O)[C@H](CO)NC(=O)CNC(=O)[C@H](Cc1ccc(O)cc1)NC(=O)[C@H](C)NC(=O)[C@H](CO)NC(=O)[C@H](C)NC(=O)CNC(=O)[C@@H]1CCCN1C(=O)[C@@H]1CCCN1C(=O)[C@H](C)NC(=O)[C@H](Cc1ccccc1)NC(=O)[C@H](CC(=O)O)NC(=O)[C@H](CC(C)C)NC(=O)[C@@H](N)C(C)C)C(=O)O. The van der Waals surface area contributed by atoms with Gasteiger partial charge in [-0.15, -0.1) is 0 Å². The van der Waals surface area contributed by atoms with E-state index in [0.29, 0.717) is 24.0 Å². The van der Waals surface area contributed by atoms with Crippen molar-refractivity contribution in [3.63, 3.8) is 0 Å². The third-order valence-electron chi connectivity index (χ3n) is 17.0. The van der Waals surface area contributed by atoms with Crippen molar-refractivity contribution in [3.8, 4) is 5.75 Å². The van der Waals surface area contributed by atoms with Crippen LogP contribution in [0.5, 0.6) is 5.75 Å². The Hall–Kier alpha value is -10.4. The topological polar surface area (TPSA) is 551 Å². The van der Waals surface area contributed by atoms with Crippen LogP contribution in [-0.2, 0) is 89.6 Å². The van der Waals surface area contributed by atoms with E-state index in [9.17, 15) is 102 Å². The Labute approximate surface area is 601 Å². The van der Waals surface area contributed by atoms with Gasteiger partial charge in [-0.2, -0.15) is 0 Å². The summed E-state index contributed by atoms with van der Waals surface area (Å²) in [7, 11) is 0. The Kier molecular flexibility index (Phi) is 34.5. The number of aromatic hydroxyl groups is 1. The molecule has 36 nitrogen and oxygen atoms in total. The number of aliphatic hydroxyl groups is 2. The molecule has 0 spiro atoms. The molecule has 19 N–H and O–H groups in total. The van der Waals surface area contributed by atoms with Crippen molar-refractivity contribution >= 4 is 94.6 Å². The van der Waals surface area contributed by atoms with E-state index >= 15 is 0 Å². The first-order valence-electron chi connectivity index (χ1n) is 34.4. The van der Waals surface area contributed by atoms with Crippen molar-refractivity contribution in [1.29, 1.82) is 0 Å². The minimum Gasteiger partial charge on any atom is -0.508 e. The molecule has 0 bridgehead atoms. The van der Waals surface area contributed by atoms with Gasteiger partial charge in [0, 0.05) is 25.9 Å². The number of carbonyl (C=O) groups is 16. The van der Waals surface area contributed by atoms with Crippen LogP contribution in [0.3, 0.4) is 0 Å². The highest BCUT2D eigenvalue weighted by molar-refractivity contribution is 6.00. The van der Waals surface area contributed by atoms with Gasteiger partial charge in [-0.1, -0.05) is 84.0 Å². The number of carbonyl (C=O) groups excluding carboxylic acids is 14. The number of nitrogens with one attached hydrogen (secondary N) is 12. The molecular weight excluding hydrogens is 1360 g/mol. The number of aliphatic hydroxyl groups excluding tert-OH is 2. The molecule has 2 saturated heterocycles. The third-order valence-corrected chi connectivity index (χ3v) is 17.0. The lowest BCUT2D eigenvalue weighted by Gasteiger charge is -2.32. The number of phenols is 1. The van der Waals surface area contributed by atoms with Crippen molar-refractivity contribution in [2.45, 2.75) is 199 Å². The average Bonchev–Trinajstić information content (AvgIpc) is 1.64. The fourth-order valence-corrected chi connectivity index (χ4v) is 11.2. The first-order chi connectivity index (χ1) is 48.9. The molecule has 2 aromatic rings. The van der Waals surface area contributed by atoms with Crippen molar-refractivity contribution < 1.29 is 102 Å². The van der Waals surface area contributed by atoms with Gasteiger partial charge < -0.3 is 105 Å². The quantitative estimate of drug-likeness (QED) is 0.0297. The number of amides is 14. The molecule has 4 rings (SSSR count). The summed E-state index contributed by atoms with van der Waals surface area (Å²) in [6.07, 6.45) is -0.135. The highest BCUT2D eigenvalue weighted by Crippen LogP contribution is 2.26. The van der Waals surface area contributed by atoms with Gasteiger partial charge in [0.1, 0.15) is 78.3 Å². The van der Waals surface area contributed by atoms with E-state index in [1.165, 1.54) is 54.8 Å². The van der Waals surface area contributed by atoms with Crippen LogP contribution in [-0.4, -0.2) is 248 Å². The molecular formula is C68H101N15O21. The fourth-order valence-electron chi connectivity index (χ4n) is 11.2. The van der Waals surface area contributed by atoms with Crippen LogP contribution in [0, 0.1) is 17.8 Å². The predicted molar refractivity (Wildman–Crippen MR) is 370 cm³/mol. The van der Waals surface area contributed by atoms with Crippen molar-refractivity contribution in [2.75, 3.05) is 39.4 Å². The monoisotopic (exact) mass is 1460 g/mol. The number of nitrogens with zero attached hydrogens (tertiary/aromatic N) is 2. The Balaban J connectivity index is 1.33. The van der Waals surface area contributed by atoms with Gasteiger partial charge in [0.25, 0.3) is 0 Å². The number of carboxylic acids is 2. The summed E-state index contributed by atoms with van der Waals surface area (Å²) in [5.41, 5.74) is 6.97. The number of aliphatic carboxylic acids is 2. The standard InChI is InChI=1S/C68H101N15O21/c1-34(2)25-43(79-65(100)55(69)36(5)6)60(95)78-46(29-54(89)90)61(96)77-45(27-40-15-11-10-12-16-40)59(94)74-39(9)66(101)83-24-14-18-51(83)67(102)82-23-13-17-50(82)64(99)71-30-52(87)72-37(7)56(91)81-49(33-85)62(97)73-38(8)57(92)76-44(28-41-19-21-42(86)22-20-41)58(93)70-31-53(88)75-48(32-84)63(98)80-47(68(103)104)26-35(3)4/h10-12,15-16,19-22,34-39,43-51,55,84-86H,13-14,17-18,23-33,69H2,1-9H3,(H,70,93)(H,71,99)(H,72,87)(H,73,97)(H,74,94)(H,75,88)(H,76,92)(H,77,96)(H,78,95)(H,79,100)(H,80,98)(H,81,91)(H,89,90)(H,103,104)/t37-,38-,39-,43-,44-,45-,46-,47-,48-,49-,50-,51-,55-/m0/s1. The summed E-state index contributed by atoms with van der Waals surface area (Å²) in [6, 6.07) is -4.08. The Morgan fingerprint density at radius 3 is 1.45 bits per heavy atom. The lowest BCUT2D eigenvalue weighted by Crippen LogP contribution is -2.60. The molecule has 2 fully saturated rings. The van der Waals surface area contributed by atoms with E-state index in [2.05, 4.69) is 63.8 Å². The number of phenolic OH excluding ortho intramolecular Hbond substituents is 1. The number of benzene rings is 2. The van der Waals surface area contributed by atoms with Gasteiger partial charge in [-0.25, -0.2) is 4.79 Å². The highest BCUT2D eigenvalue weighted by Gasteiger charge is 2.44. The normalized spacial score (nSPS) is 17.3. The maximum absolute atomic E-state index is 14.3. The lowest BCUT2D eigenvalue weighted by atomic mass is 10.00. The Bertz CT molecular complexity index is 3380. The van der Waals surface area contributed by atoms with E-state index in [4.69, 9.17) is 5.73 Å². The molecule has 14 amide bonds. The van der Waals surface area contributed by atoms with Gasteiger partial charge in [-0.3, -0.25) is 71.9 Å². The van der Waals surface area contributed by atoms with Crippen LogP contribution in [0.2, 0.25) is 0 Å². The molecule has 0 unspecified atom stereocenters. The largest absolute Gasteiger partial charge is 0.508 e. The van der Waals surface area contributed by atoms with E-state index in [1.807, 2.05) is 0 Å². The molecule has 0 radical (unpaired) electrons. The number of rotatable bonds is 40. The summed E-state index contributed by atoms with van der Waals surface area (Å²) in [6.45, 7) is 10.9. The van der Waals surface area contributed by atoms with E-state index < -0.39 is 206 Å². The highest BCUT2D eigenvalue weighted by atomic mass is 16.4. The second-order valence-electron chi connectivity index (χ2n) is 26.9. The van der Waals surface area contributed by atoms with Crippen LogP contribution >= 0.6 is 0 Å². The van der Waals surface area contributed by atoms with E-state index in [0.717, 1.165) is 0 Å². The van der Waals surface area contributed by atoms with Crippen molar-refractivity contribution in [1.82, 2.24) is 73.6 Å². The smallest absolute Gasteiger partial charge is 0.326 e. The molecule has 0 aromatic heterocycles. The molecule has 104 heavy (non-hydrogen) atoms. The van der Waals surface area contributed by atoms with Crippen LogP contribution in [0.25, 0.3) is 0 Å². The van der Waals surface area contributed by atoms with Crippen LogP contribution in [0.4, 0.5) is 0 Å². The summed E-state index contributed by atoms with van der Waals surface area (Å²) in [5, 5.41) is 77.8. The second kappa shape index (κ2) is 41.7. The third kappa shape index (κ3) is 27.4. The van der Waals surface area contributed by atoms with Gasteiger partial charge in [-0.05, 0) is 100 Å². The molecule has 0 saturated carbocycles. The number of carboxylic acid groups (broad SMARTS) is 2. The number of nitrogens with two attached hydrogens (primary N) is 1. The van der Waals surface area contributed by atoms with Gasteiger partial charge >= 0.3 is 11.9 Å². The molecule has 2 aliphatic rings. The van der Waals surface area contributed by atoms with E-state index in [-0.39, 0.29) is 75.1 Å². The van der Waals surface area contributed by atoms with Crippen LogP contribution < -0.4 is 69.5 Å². The molecule has 574 valence electrons. The van der Waals surface area contributed by atoms with Gasteiger partial charge in [0.05, 0.1) is 38.8 Å². The minimum absolute atomic E-state index is 0.0449. The van der Waals surface area contributed by atoms with Crippen LogP contribution in [0.1, 0.15) is 118 Å². The molecule has 2 heterocycles. The number of hydrogen-bond donors (Lipinski definition) is 18. The predicted octanol–water partition coefficient (Wildman–Crippen LogP) is -5.08. The maximum atomic E-state index is 14.3. The summed E-state index contributed by atoms with van der Waals surface area (Å²) in [5.74, 6) is -15.9. The summed E-state index contributed by atoms with van der Waals surface area (Å²) < 4.78 is 0. The first-order valence-corrected chi connectivity index (χ1v) is 34.4. The lowest BCUT2D eigenvalue weighted by molar-refractivity contribution is -0.147. The van der Waals surface area contributed by atoms with Crippen LogP contribution in [0.15, 0.2) is 54.6 Å². The maximum Gasteiger partial charge on any atom is 0.326 e. The molecule has 0 aliphatic carbocycles.